The van der Waals surface area contributed by atoms with E-state index in [0.717, 1.165) is 16.9 Å². The molecule has 0 aliphatic rings. The molecular formula is C14H18O3. The highest BCUT2D eigenvalue weighted by molar-refractivity contribution is 5.86. The fourth-order valence-electron chi connectivity index (χ4n) is 1.64. The van der Waals surface area contributed by atoms with Gasteiger partial charge in [-0.3, -0.25) is 0 Å². The van der Waals surface area contributed by atoms with Crippen molar-refractivity contribution >= 4 is 5.97 Å². The van der Waals surface area contributed by atoms with Crippen molar-refractivity contribution in [3.63, 3.8) is 0 Å². The van der Waals surface area contributed by atoms with Gasteiger partial charge < -0.3 is 9.84 Å². The Bertz CT molecular complexity index is 413. The minimum Gasteiger partial charge on any atom is -0.489 e. The Balaban J connectivity index is 2.71. The van der Waals surface area contributed by atoms with Crippen molar-refractivity contribution in [2.45, 2.75) is 27.2 Å². The van der Waals surface area contributed by atoms with E-state index in [1.54, 1.807) is 6.08 Å². The van der Waals surface area contributed by atoms with Gasteiger partial charge in [-0.1, -0.05) is 25.1 Å². The van der Waals surface area contributed by atoms with Crippen LogP contribution in [0.4, 0.5) is 0 Å². The van der Waals surface area contributed by atoms with Gasteiger partial charge >= 0.3 is 5.97 Å². The van der Waals surface area contributed by atoms with E-state index in [-0.39, 0.29) is 0 Å². The summed E-state index contributed by atoms with van der Waals surface area (Å²) in [7, 11) is 0. The van der Waals surface area contributed by atoms with Crippen LogP contribution in [0.15, 0.2) is 29.8 Å². The predicted octanol–water partition coefficient (Wildman–Crippen LogP) is 3.10. The van der Waals surface area contributed by atoms with Crippen LogP contribution in [0.2, 0.25) is 0 Å². The first kappa shape index (κ1) is 13.3. The summed E-state index contributed by atoms with van der Waals surface area (Å²) in [5.41, 5.74) is 2.51. The van der Waals surface area contributed by atoms with Gasteiger partial charge in [-0.25, -0.2) is 4.79 Å². The summed E-state index contributed by atoms with van der Waals surface area (Å²) in [6.45, 7) is 6.06. The molecule has 0 aliphatic heterocycles. The molecule has 1 aromatic rings. The molecule has 0 saturated heterocycles. The lowest BCUT2D eigenvalue weighted by Gasteiger charge is -2.10. The van der Waals surface area contributed by atoms with E-state index in [4.69, 9.17) is 9.84 Å². The molecule has 0 bridgehead atoms. The maximum Gasteiger partial charge on any atom is 0.331 e. The average Bonchev–Trinajstić information content (AvgIpc) is 2.27. The smallest absolute Gasteiger partial charge is 0.331 e. The average molecular weight is 234 g/mol. The Hall–Kier alpha value is -1.77. The van der Waals surface area contributed by atoms with Crippen molar-refractivity contribution in [1.82, 2.24) is 0 Å². The number of para-hydroxylation sites is 1. The van der Waals surface area contributed by atoms with E-state index in [1.165, 1.54) is 0 Å². The number of aryl methyl sites for hydroxylation is 2. The van der Waals surface area contributed by atoms with Gasteiger partial charge in [-0.05, 0) is 37.5 Å². The molecule has 0 fully saturated rings. The van der Waals surface area contributed by atoms with Crippen LogP contribution in [0.3, 0.4) is 0 Å². The van der Waals surface area contributed by atoms with Crippen molar-refractivity contribution in [2.75, 3.05) is 6.61 Å². The van der Waals surface area contributed by atoms with Gasteiger partial charge in [0.15, 0.2) is 0 Å². The molecule has 1 aromatic carbocycles. The fraction of sp³-hybridized carbons (Fsp3) is 0.357. The Morgan fingerprint density at radius 2 is 1.94 bits per heavy atom. The Morgan fingerprint density at radius 3 is 2.41 bits per heavy atom. The molecular weight excluding hydrogens is 216 g/mol. The Labute approximate surface area is 102 Å². The van der Waals surface area contributed by atoms with Crippen LogP contribution in [0.25, 0.3) is 0 Å². The van der Waals surface area contributed by atoms with Crippen LogP contribution in [-0.4, -0.2) is 17.7 Å². The monoisotopic (exact) mass is 234 g/mol. The number of carboxylic acid groups (broad SMARTS) is 1. The minimum absolute atomic E-state index is 0.293. The van der Waals surface area contributed by atoms with Gasteiger partial charge in [-0.15, -0.1) is 0 Å². The SMILES string of the molecule is CCC(=CCOc1c(C)cccc1C)C(=O)O. The third kappa shape index (κ3) is 3.63. The second kappa shape index (κ2) is 6.09. The molecule has 0 amide bonds. The lowest BCUT2D eigenvalue weighted by molar-refractivity contribution is -0.132. The van der Waals surface area contributed by atoms with Gasteiger partial charge in [0.1, 0.15) is 12.4 Å². The Kier molecular flexibility index (Phi) is 4.76. The van der Waals surface area contributed by atoms with Gasteiger partial charge in [0.25, 0.3) is 0 Å². The first-order valence-corrected chi connectivity index (χ1v) is 5.67. The number of carboxylic acids is 1. The second-order valence-electron chi connectivity index (χ2n) is 3.92. The summed E-state index contributed by atoms with van der Waals surface area (Å²) in [6.07, 6.45) is 2.12. The highest BCUT2D eigenvalue weighted by Crippen LogP contribution is 2.22. The van der Waals surface area contributed by atoms with Crippen molar-refractivity contribution in [1.29, 1.82) is 0 Å². The molecule has 0 saturated carbocycles. The lowest BCUT2D eigenvalue weighted by Crippen LogP contribution is -2.04. The van der Waals surface area contributed by atoms with Crippen LogP contribution in [0, 0.1) is 13.8 Å². The van der Waals surface area contributed by atoms with Crippen LogP contribution < -0.4 is 4.74 Å². The molecule has 17 heavy (non-hydrogen) atoms. The highest BCUT2D eigenvalue weighted by atomic mass is 16.5. The number of aliphatic carboxylic acids is 1. The predicted molar refractivity (Wildman–Crippen MR) is 67.4 cm³/mol. The van der Waals surface area contributed by atoms with Gasteiger partial charge in [0.05, 0.1) is 0 Å². The molecule has 0 atom stereocenters. The fourth-order valence-corrected chi connectivity index (χ4v) is 1.64. The van der Waals surface area contributed by atoms with Crippen molar-refractivity contribution < 1.29 is 14.6 Å². The van der Waals surface area contributed by atoms with Crippen LogP contribution >= 0.6 is 0 Å². The number of hydrogen-bond donors (Lipinski definition) is 1. The number of ether oxygens (including phenoxy) is 1. The summed E-state index contributed by atoms with van der Waals surface area (Å²) in [4.78, 5) is 10.8. The summed E-state index contributed by atoms with van der Waals surface area (Å²) < 4.78 is 5.61. The number of hydrogen-bond acceptors (Lipinski definition) is 2. The van der Waals surface area contributed by atoms with E-state index < -0.39 is 5.97 Å². The zero-order chi connectivity index (χ0) is 12.8. The largest absolute Gasteiger partial charge is 0.489 e. The topological polar surface area (TPSA) is 46.5 Å². The molecule has 0 spiro atoms. The molecule has 3 heteroatoms. The zero-order valence-corrected chi connectivity index (χ0v) is 10.5. The molecule has 0 heterocycles. The molecule has 0 aromatic heterocycles. The first-order chi connectivity index (χ1) is 8.06. The van der Waals surface area contributed by atoms with Gasteiger partial charge in [0.2, 0.25) is 0 Å². The van der Waals surface area contributed by atoms with E-state index in [2.05, 4.69) is 0 Å². The summed E-state index contributed by atoms with van der Waals surface area (Å²) >= 11 is 0. The third-order valence-corrected chi connectivity index (χ3v) is 2.62. The molecule has 0 unspecified atom stereocenters. The normalized spacial score (nSPS) is 11.4. The summed E-state index contributed by atoms with van der Waals surface area (Å²) in [5, 5.41) is 8.86. The lowest BCUT2D eigenvalue weighted by atomic mass is 10.1. The number of carbonyl (C=O) groups is 1. The first-order valence-electron chi connectivity index (χ1n) is 5.67. The van der Waals surface area contributed by atoms with Crippen LogP contribution in [0.1, 0.15) is 24.5 Å². The molecule has 1 N–H and O–H groups in total. The molecule has 1 rings (SSSR count). The maximum atomic E-state index is 10.8. The van der Waals surface area contributed by atoms with Crippen molar-refractivity contribution in [3.8, 4) is 5.75 Å². The van der Waals surface area contributed by atoms with Gasteiger partial charge in [0, 0.05) is 5.57 Å². The molecule has 0 aliphatic carbocycles. The van der Waals surface area contributed by atoms with E-state index >= 15 is 0 Å². The third-order valence-electron chi connectivity index (χ3n) is 2.62. The van der Waals surface area contributed by atoms with Crippen LogP contribution in [-0.2, 0) is 4.79 Å². The molecule has 92 valence electrons. The maximum absolute atomic E-state index is 10.8. The van der Waals surface area contributed by atoms with Crippen LogP contribution in [0.5, 0.6) is 5.75 Å². The standard InChI is InChI=1S/C14H18O3/c1-4-12(14(15)16)8-9-17-13-10(2)6-5-7-11(13)3/h5-8H,4,9H2,1-3H3,(H,15,16). The summed E-state index contributed by atoms with van der Waals surface area (Å²) in [5.74, 6) is -0.0396. The highest BCUT2D eigenvalue weighted by Gasteiger charge is 2.05. The Morgan fingerprint density at radius 1 is 1.35 bits per heavy atom. The second-order valence-corrected chi connectivity index (χ2v) is 3.92. The number of rotatable bonds is 5. The van der Waals surface area contributed by atoms with E-state index in [0.29, 0.717) is 18.6 Å². The zero-order valence-electron chi connectivity index (χ0n) is 10.5. The van der Waals surface area contributed by atoms with Crippen molar-refractivity contribution in [2.24, 2.45) is 0 Å². The van der Waals surface area contributed by atoms with Gasteiger partial charge in [-0.2, -0.15) is 0 Å². The van der Waals surface area contributed by atoms with Crippen molar-refractivity contribution in [3.05, 3.63) is 41.0 Å². The molecule has 0 radical (unpaired) electrons. The summed E-state index contributed by atoms with van der Waals surface area (Å²) in [6, 6.07) is 5.93. The quantitative estimate of drug-likeness (QED) is 0.796. The van der Waals surface area contributed by atoms with E-state index in [1.807, 2.05) is 39.0 Å². The molecule has 3 nitrogen and oxygen atoms in total. The minimum atomic E-state index is -0.877. The number of benzene rings is 1. The van der Waals surface area contributed by atoms with E-state index in [9.17, 15) is 4.79 Å².